The first-order chi connectivity index (χ1) is 14.0. The molecule has 0 spiro atoms. The molecule has 0 atom stereocenters. The van der Waals surface area contributed by atoms with Crippen LogP contribution in [0.25, 0.3) is 0 Å². The van der Waals surface area contributed by atoms with Crippen molar-refractivity contribution < 1.29 is 13.9 Å². The fraction of sp³-hybridized carbons (Fsp3) is 0.542. The molecule has 0 fully saturated rings. The lowest BCUT2D eigenvalue weighted by atomic mass is 9.99. The number of allylic oxidation sites excluding steroid dienone is 2. The fourth-order valence-corrected chi connectivity index (χ4v) is 3.76. The Morgan fingerprint density at radius 1 is 1.38 bits per heavy atom. The third-order valence-electron chi connectivity index (χ3n) is 5.44. The number of esters is 1. The molecule has 1 aliphatic rings. The molecule has 0 unspecified atom stereocenters. The molecular formula is C24H35FN2O2. The van der Waals surface area contributed by atoms with Gasteiger partial charge in [-0.3, -0.25) is 4.79 Å². The molecule has 1 aliphatic heterocycles. The number of aryl methyl sites for hydroxylation is 1. The lowest BCUT2D eigenvalue weighted by molar-refractivity contribution is -0.143. The molecule has 0 aliphatic carbocycles. The summed E-state index contributed by atoms with van der Waals surface area (Å²) >= 11 is 0. The van der Waals surface area contributed by atoms with Gasteiger partial charge in [0.1, 0.15) is 5.82 Å². The van der Waals surface area contributed by atoms with Crippen molar-refractivity contribution in [3.8, 4) is 0 Å². The van der Waals surface area contributed by atoms with Crippen LogP contribution in [0.15, 0.2) is 42.1 Å². The number of anilines is 1. The van der Waals surface area contributed by atoms with Crippen molar-refractivity contribution in [2.24, 2.45) is 0 Å². The summed E-state index contributed by atoms with van der Waals surface area (Å²) in [6.07, 6.45) is 8.06. The van der Waals surface area contributed by atoms with E-state index < -0.39 is 0 Å². The van der Waals surface area contributed by atoms with Gasteiger partial charge in [0, 0.05) is 37.4 Å². The maximum atomic E-state index is 14.3. The number of unbranched alkanes of at least 4 members (excludes halogenated alkanes) is 1. The van der Waals surface area contributed by atoms with E-state index in [1.165, 1.54) is 23.8 Å². The first-order valence-corrected chi connectivity index (χ1v) is 10.8. The number of benzene rings is 1. The van der Waals surface area contributed by atoms with Crippen LogP contribution in [0.3, 0.4) is 0 Å². The van der Waals surface area contributed by atoms with Crippen LogP contribution < -0.4 is 5.32 Å². The van der Waals surface area contributed by atoms with E-state index >= 15 is 0 Å². The monoisotopic (exact) mass is 402 g/mol. The largest absolute Gasteiger partial charge is 0.466 e. The minimum atomic E-state index is -0.288. The van der Waals surface area contributed by atoms with Crippen molar-refractivity contribution in [3.05, 3.63) is 53.5 Å². The van der Waals surface area contributed by atoms with Crippen molar-refractivity contribution in [3.63, 3.8) is 0 Å². The number of hydrogen-bond acceptors (Lipinski definition) is 4. The van der Waals surface area contributed by atoms with E-state index in [9.17, 15) is 9.18 Å². The minimum absolute atomic E-state index is 0.203. The maximum Gasteiger partial charge on any atom is 0.306 e. The molecule has 1 N–H and O–H groups in total. The van der Waals surface area contributed by atoms with Gasteiger partial charge in [0.2, 0.25) is 0 Å². The van der Waals surface area contributed by atoms with Crippen molar-refractivity contribution in [1.82, 2.24) is 4.90 Å². The number of halogens is 1. The SMILES string of the molecule is C=CCCCN1CCCC(CCNc2ccc(CCC(=O)OCC)c(F)c2)=C1C. The van der Waals surface area contributed by atoms with Gasteiger partial charge in [-0.25, -0.2) is 4.39 Å². The van der Waals surface area contributed by atoms with Crippen molar-refractivity contribution >= 4 is 11.7 Å². The van der Waals surface area contributed by atoms with Gasteiger partial charge >= 0.3 is 5.97 Å². The van der Waals surface area contributed by atoms with Crippen LogP contribution >= 0.6 is 0 Å². The normalized spacial score (nSPS) is 14.1. The second-order valence-corrected chi connectivity index (χ2v) is 7.50. The van der Waals surface area contributed by atoms with Gasteiger partial charge in [-0.05, 0) is 75.6 Å². The standard InChI is InChI=1S/C24H35FN2O2/c1-4-6-7-16-27-17-8-9-20(19(27)3)14-15-26-22-12-10-21(23(25)18-22)11-13-24(28)29-5-2/h4,10,12,18,26H,1,5-9,11,13-17H2,2-3H3. The van der Waals surface area contributed by atoms with Gasteiger partial charge in [-0.1, -0.05) is 12.1 Å². The molecule has 2 rings (SSSR count). The Bertz CT molecular complexity index is 715. The van der Waals surface area contributed by atoms with E-state index in [2.05, 4.69) is 23.7 Å². The van der Waals surface area contributed by atoms with Gasteiger partial charge in [0.05, 0.1) is 6.61 Å². The molecular weight excluding hydrogens is 367 g/mol. The Hall–Kier alpha value is -2.30. The number of carbonyl (C=O) groups excluding carboxylic acids is 1. The summed E-state index contributed by atoms with van der Waals surface area (Å²) < 4.78 is 19.2. The summed E-state index contributed by atoms with van der Waals surface area (Å²) in [6.45, 7) is 11.2. The molecule has 0 amide bonds. The van der Waals surface area contributed by atoms with Gasteiger partial charge in [0.15, 0.2) is 0 Å². The molecule has 4 nitrogen and oxygen atoms in total. The summed E-state index contributed by atoms with van der Waals surface area (Å²) in [4.78, 5) is 13.9. The summed E-state index contributed by atoms with van der Waals surface area (Å²) in [6, 6.07) is 5.15. The third-order valence-corrected chi connectivity index (χ3v) is 5.44. The van der Waals surface area contributed by atoms with Crippen LogP contribution in [0.5, 0.6) is 0 Å². The van der Waals surface area contributed by atoms with E-state index in [4.69, 9.17) is 4.74 Å². The van der Waals surface area contributed by atoms with E-state index in [1.54, 1.807) is 13.0 Å². The predicted octanol–water partition coefficient (Wildman–Crippen LogP) is 5.46. The quantitative estimate of drug-likeness (QED) is 0.286. The highest BCUT2D eigenvalue weighted by Gasteiger charge is 2.16. The van der Waals surface area contributed by atoms with Crippen LogP contribution in [0.1, 0.15) is 57.9 Å². The summed E-state index contributed by atoms with van der Waals surface area (Å²) in [5, 5.41) is 3.34. The molecule has 160 valence electrons. The second-order valence-electron chi connectivity index (χ2n) is 7.50. The smallest absolute Gasteiger partial charge is 0.306 e. The van der Waals surface area contributed by atoms with Crippen LogP contribution in [0, 0.1) is 5.82 Å². The van der Waals surface area contributed by atoms with Gasteiger partial charge in [0.25, 0.3) is 0 Å². The van der Waals surface area contributed by atoms with Gasteiger partial charge < -0.3 is 15.0 Å². The zero-order chi connectivity index (χ0) is 21.1. The molecule has 0 saturated heterocycles. The second kappa shape index (κ2) is 12.3. The zero-order valence-electron chi connectivity index (χ0n) is 17.9. The summed E-state index contributed by atoms with van der Waals surface area (Å²) in [5.74, 6) is -0.565. The number of rotatable bonds is 12. The lowest BCUT2D eigenvalue weighted by Crippen LogP contribution is -2.29. The van der Waals surface area contributed by atoms with Gasteiger partial charge in [-0.15, -0.1) is 6.58 Å². The molecule has 1 heterocycles. The topological polar surface area (TPSA) is 41.6 Å². The number of hydrogen-bond donors (Lipinski definition) is 1. The number of nitrogens with one attached hydrogen (secondary N) is 1. The lowest BCUT2D eigenvalue weighted by Gasteiger charge is -2.32. The Balaban J connectivity index is 1.83. The van der Waals surface area contributed by atoms with Crippen LogP contribution in [0.2, 0.25) is 0 Å². The average molecular weight is 403 g/mol. The highest BCUT2D eigenvalue weighted by molar-refractivity contribution is 5.69. The minimum Gasteiger partial charge on any atom is -0.466 e. The highest BCUT2D eigenvalue weighted by atomic mass is 19.1. The Labute approximate surface area is 174 Å². The fourth-order valence-electron chi connectivity index (χ4n) is 3.76. The van der Waals surface area contributed by atoms with Crippen molar-refractivity contribution in [2.45, 2.75) is 58.8 Å². The van der Waals surface area contributed by atoms with E-state index in [-0.39, 0.29) is 18.2 Å². The first kappa shape index (κ1) is 23.0. The van der Waals surface area contributed by atoms with Crippen LogP contribution in [-0.2, 0) is 16.0 Å². The average Bonchev–Trinajstić information content (AvgIpc) is 2.70. The number of ether oxygens (including phenoxy) is 1. The van der Waals surface area contributed by atoms with Crippen molar-refractivity contribution in [1.29, 1.82) is 0 Å². The Kier molecular flexibility index (Phi) is 9.75. The zero-order valence-corrected chi connectivity index (χ0v) is 17.9. The molecule has 29 heavy (non-hydrogen) atoms. The molecule has 0 aromatic heterocycles. The van der Waals surface area contributed by atoms with Crippen LogP contribution in [-0.4, -0.2) is 37.1 Å². The Morgan fingerprint density at radius 3 is 2.93 bits per heavy atom. The molecule has 0 bridgehead atoms. The number of nitrogens with zero attached hydrogens (tertiary/aromatic N) is 1. The molecule has 0 radical (unpaired) electrons. The molecule has 0 saturated carbocycles. The molecule has 5 heteroatoms. The van der Waals surface area contributed by atoms with E-state index in [0.29, 0.717) is 18.6 Å². The first-order valence-electron chi connectivity index (χ1n) is 10.8. The van der Waals surface area contributed by atoms with Crippen molar-refractivity contribution in [2.75, 3.05) is 31.6 Å². The third kappa shape index (κ3) is 7.56. The predicted molar refractivity (Wildman–Crippen MR) is 117 cm³/mol. The number of carbonyl (C=O) groups is 1. The molecule has 1 aromatic rings. The highest BCUT2D eigenvalue weighted by Crippen LogP contribution is 2.25. The molecule has 1 aromatic carbocycles. The summed E-state index contributed by atoms with van der Waals surface area (Å²) in [7, 11) is 0. The van der Waals surface area contributed by atoms with E-state index in [1.807, 2.05) is 12.1 Å². The Morgan fingerprint density at radius 2 is 2.21 bits per heavy atom. The van der Waals surface area contributed by atoms with Crippen LogP contribution in [0.4, 0.5) is 10.1 Å². The van der Waals surface area contributed by atoms with E-state index in [0.717, 1.165) is 51.0 Å². The van der Waals surface area contributed by atoms with Gasteiger partial charge in [-0.2, -0.15) is 0 Å². The maximum absolute atomic E-state index is 14.3. The summed E-state index contributed by atoms with van der Waals surface area (Å²) in [5.41, 5.74) is 4.22.